The van der Waals surface area contributed by atoms with E-state index in [4.69, 9.17) is 0 Å². The number of benzene rings is 1. The van der Waals surface area contributed by atoms with Gasteiger partial charge in [0.1, 0.15) is 0 Å². The minimum atomic E-state index is -0.855. The summed E-state index contributed by atoms with van der Waals surface area (Å²) in [5, 5.41) is 1.65. The maximum atomic E-state index is 10.6. The summed E-state index contributed by atoms with van der Waals surface area (Å²) >= 11 is 0. The molecule has 0 amide bonds. The second-order valence-electron chi connectivity index (χ2n) is 2.60. The van der Waals surface area contributed by atoms with E-state index in [0.29, 0.717) is 0 Å². The molecule has 0 fully saturated rings. The minimum absolute atomic E-state index is 0.855. The zero-order valence-electron chi connectivity index (χ0n) is 7.51. The first kappa shape index (κ1) is 9.93. The van der Waals surface area contributed by atoms with Crippen LogP contribution < -0.4 is 0 Å². The smallest absolute Gasteiger partial charge is 0.0424 e. The minimum Gasteiger partial charge on any atom is -0.255 e. The summed E-state index contributed by atoms with van der Waals surface area (Å²) in [7, 11) is -0.855. The topological polar surface area (TPSA) is 17.1 Å². The van der Waals surface area contributed by atoms with Crippen LogP contribution in [0.5, 0.6) is 0 Å². The molecular formula is C11H12OS. The van der Waals surface area contributed by atoms with Crippen molar-refractivity contribution in [1.82, 2.24) is 0 Å². The quantitative estimate of drug-likeness (QED) is 0.673. The molecule has 0 N–H and O–H groups in total. The lowest BCUT2D eigenvalue weighted by Crippen LogP contribution is -1.72. The predicted octanol–water partition coefficient (Wildman–Crippen LogP) is 2.59. The molecule has 0 radical (unpaired) electrons. The first-order valence-electron chi connectivity index (χ1n) is 4.01. The van der Waals surface area contributed by atoms with Gasteiger partial charge in [-0.2, -0.15) is 0 Å². The fraction of sp³-hybridized carbons (Fsp3) is 0.0909. The molecule has 0 unspecified atom stereocenters. The molecule has 0 heterocycles. The number of hydrogen-bond donors (Lipinski definition) is 0. The Morgan fingerprint density at radius 1 is 1.15 bits per heavy atom. The Morgan fingerprint density at radius 2 is 1.85 bits per heavy atom. The van der Waals surface area contributed by atoms with Crippen molar-refractivity contribution in [2.24, 2.45) is 0 Å². The molecule has 0 aliphatic carbocycles. The molecule has 68 valence electrons. The van der Waals surface area contributed by atoms with Crippen LogP contribution in [0.2, 0.25) is 0 Å². The summed E-state index contributed by atoms with van der Waals surface area (Å²) in [6.07, 6.45) is 7.30. The number of hydrogen-bond acceptors (Lipinski definition) is 1. The van der Waals surface area contributed by atoms with Crippen LogP contribution in [0.25, 0.3) is 6.08 Å². The van der Waals surface area contributed by atoms with Crippen molar-refractivity contribution >= 4 is 16.9 Å². The molecule has 1 aromatic carbocycles. The molecule has 0 saturated carbocycles. The Morgan fingerprint density at radius 3 is 2.46 bits per heavy atom. The van der Waals surface area contributed by atoms with Gasteiger partial charge < -0.3 is 0 Å². The number of allylic oxidation sites excluding steroid dienone is 2. The Hall–Kier alpha value is -1.15. The number of rotatable bonds is 3. The summed E-state index contributed by atoms with van der Waals surface area (Å²) in [5.74, 6) is 0. The van der Waals surface area contributed by atoms with Crippen LogP contribution in [-0.4, -0.2) is 10.5 Å². The SMILES string of the molecule is C[S@](=O)/C=C/C=C/c1ccccc1. The highest BCUT2D eigenvalue weighted by atomic mass is 32.2. The zero-order valence-corrected chi connectivity index (χ0v) is 8.33. The summed E-state index contributed by atoms with van der Waals surface area (Å²) in [4.78, 5) is 0. The maximum absolute atomic E-state index is 10.6. The fourth-order valence-corrected chi connectivity index (χ4v) is 1.20. The lowest BCUT2D eigenvalue weighted by Gasteiger charge is -1.88. The first-order valence-corrected chi connectivity index (χ1v) is 5.63. The van der Waals surface area contributed by atoms with Gasteiger partial charge >= 0.3 is 0 Å². The predicted molar refractivity (Wildman–Crippen MR) is 58.7 cm³/mol. The van der Waals surface area contributed by atoms with Crippen LogP contribution in [0, 0.1) is 0 Å². The Balaban J connectivity index is 2.55. The van der Waals surface area contributed by atoms with Crippen LogP contribution in [-0.2, 0) is 10.8 Å². The first-order chi connectivity index (χ1) is 6.29. The van der Waals surface area contributed by atoms with Gasteiger partial charge in [0.25, 0.3) is 0 Å². The Bertz CT molecular complexity index is 325. The maximum Gasteiger partial charge on any atom is 0.0424 e. The summed E-state index contributed by atoms with van der Waals surface area (Å²) in [6, 6.07) is 10.00. The van der Waals surface area contributed by atoms with Crippen LogP contribution in [0.1, 0.15) is 5.56 Å². The Kier molecular flexibility index (Phi) is 4.19. The van der Waals surface area contributed by atoms with E-state index in [1.165, 1.54) is 0 Å². The van der Waals surface area contributed by atoms with Gasteiger partial charge in [-0.15, -0.1) is 0 Å². The molecule has 0 aliphatic rings. The second-order valence-corrected chi connectivity index (χ2v) is 3.87. The highest BCUT2D eigenvalue weighted by molar-refractivity contribution is 7.87. The standard InChI is InChI=1S/C11H12OS/c1-13(12)10-6-5-9-11-7-3-2-4-8-11/h2-10H,1H3/b9-5+,10-6+/t13-/m0/s1. The van der Waals surface area contributed by atoms with Crippen molar-refractivity contribution in [3.05, 3.63) is 53.5 Å². The highest BCUT2D eigenvalue weighted by Crippen LogP contribution is 2.00. The molecule has 0 aliphatic heterocycles. The third-order valence-corrected chi connectivity index (χ3v) is 2.01. The van der Waals surface area contributed by atoms with E-state index in [1.807, 2.05) is 42.5 Å². The van der Waals surface area contributed by atoms with E-state index < -0.39 is 10.8 Å². The van der Waals surface area contributed by atoms with Crippen LogP contribution in [0.15, 0.2) is 47.9 Å². The Labute approximate surface area is 81.3 Å². The van der Waals surface area contributed by atoms with E-state index in [9.17, 15) is 4.21 Å². The van der Waals surface area contributed by atoms with Gasteiger partial charge in [0.15, 0.2) is 0 Å². The second kappa shape index (κ2) is 5.49. The van der Waals surface area contributed by atoms with E-state index in [1.54, 1.807) is 17.7 Å². The third kappa shape index (κ3) is 4.43. The summed E-state index contributed by atoms with van der Waals surface area (Å²) < 4.78 is 10.6. The van der Waals surface area contributed by atoms with Gasteiger partial charge in [-0.1, -0.05) is 48.6 Å². The van der Waals surface area contributed by atoms with Crippen molar-refractivity contribution in [3.63, 3.8) is 0 Å². The molecule has 1 aromatic rings. The zero-order chi connectivity index (χ0) is 9.52. The molecule has 0 aromatic heterocycles. The van der Waals surface area contributed by atoms with Gasteiger partial charge in [0.05, 0.1) is 0 Å². The van der Waals surface area contributed by atoms with Crippen molar-refractivity contribution in [2.75, 3.05) is 6.26 Å². The van der Waals surface area contributed by atoms with Gasteiger partial charge in [-0.25, -0.2) is 0 Å². The largest absolute Gasteiger partial charge is 0.255 e. The molecule has 1 rings (SSSR count). The van der Waals surface area contributed by atoms with Crippen molar-refractivity contribution in [2.45, 2.75) is 0 Å². The van der Waals surface area contributed by atoms with E-state index in [2.05, 4.69) is 0 Å². The highest BCUT2D eigenvalue weighted by Gasteiger charge is 1.80. The average molecular weight is 192 g/mol. The average Bonchev–Trinajstić information content (AvgIpc) is 2.14. The van der Waals surface area contributed by atoms with E-state index >= 15 is 0 Å². The van der Waals surface area contributed by atoms with E-state index in [-0.39, 0.29) is 0 Å². The molecule has 13 heavy (non-hydrogen) atoms. The van der Waals surface area contributed by atoms with Gasteiger partial charge in [-0.05, 0) is 5.56 Å². The van der Waals surface area contributed by atoms with Crippen molar-refractivity contribution in [3.8, 4) is 0 Å². The van der Waals surface area contributed by atoms with Gasteiger partial charge in [0.2, 0.25) is 0 Å². The molecule has 0 saturated heterocycles. The fourth-order valence-electron chi connectivity index (χ4n) is 0.887. The van der Waals surface area contributed by atoms with E-state index in [0.717, 1.165) is 5.56 Å². The normalized spacial score (nSPS) is 13.9. The van der Waals surface area contributed by atoms with Crippen LogP contribution >= 0.6 is 0 Å². The van der Waals surface area contributed by atoms with Crippen LogP contribution in [0.3, 0.4) is 0 Å². The lowest BCUT2D eigenvalue weighted by atomic mass is 10.2. The monoisotopic (exact) mass is 192 g/mol. The molecule has 2 heteroatoms. The molecular weight excluding hydrogens is 180 g/mol. The lowest BCUT2D eigenvalue weighted by molar-refractivity contribution is 0.691. The third-order valence-electron chi connectivity index (χ3n) is 1.47. The molecule has 0 spiro atoms. The van der Waals surface area contributed by atoms with Crippen molar-refractivity contribution in [1.29, 1.82) is 0 Å². The van der Waals surface area contributed by atoms with Crippen LogP contribution in [0.4, 0.5) is 0 Å². The molecule has 1 nitrogen and oxygen atoms in total. The summed E-state index contributed by atoms with van der Waals surface area (Å²) in [6.45, 7) is 0. The molecule has 0 bridgehead atoms. The summed E-state index contributed by atoms with van der Waals surface area (Å²) in [5.41, 5.74) is 1.15. The van der Waals surface area contributed by atoms with Crippen molar-refractivity contribution < 1.29 is 4.21 Å². The van der Waals surface area contributed by atoms with Gasteiger partial charge in [0, 0.05) is 22.5 Å². The van der Waals surface area contributed by atoms with Gasteiger partial charge in [-0.3, -0.25) is 4.21 Å². The molecule has 1 atom stereocenters.